The lowest BCUT2D eigenvalue weighted by Crippen LogP contribution is -2.23. The molecule has 0 aliphatic carbocycles. The van der Waals surface area contributed by atoms with Gasteiger partial charge in [0.2, 0.25) is 0 Å². The standard InChI is InChI=1S/C15H20FN3/c1-4-17-15(14-10-19(3)18-11(14)2)9-12-5-7-13(16)8-6-12/h5-8,10,15,17H,4,9H2,1-3H3. The lowest BCUT2D eigenvalue weighted by atomic mass is 9.99. The summed E-state index contributed by atoms with van der Waals surface area (Å²) in [6, 6.07) is 6.91. The van der Waals surface area contributed by atoms with Gasteiger partial charge in [-0.05, 0) is 37.6 Å². The molecule has 1 heterocycles. The predicted octanol–water partition coefficient (Wildman–Crippen LogP) is 2.76. The van der Waals surface area contributed by atoms with E-state index in [2.05, 4.69) is 17.3 Å². The van der Waals surface area contributed by atoms with E-state index in [0.29, 0.717) is 0 Å². The van der Waals surface area contributed by atoms with Crippen molar-refractivity contribution in [3.8, 4) is 0 Å². The van der Waals surface area contributed by atoms with E-state index in [1.807, 2.05) is 37.0 Å². The fourth-order valence-electron chi connectivity index (χ4n) is 2.35. The van der Waals surface area contributed by atoms with Crippen LogP contribution in [0.15, 0.2) is 30.5 Å². The molecule has 102 valence electrons. The molecule has 2 rings (SSSR count). The first-order chi connectivity index (χ1) is 9.10. The van der Waals surface area contributed by atoms with E-state index in [1.165, 1.54) is 17.7 Å². The molecule has 1 aromatic heterocycles. The second-order valence-corrected chi connectivity index (χ2v) is 4.78. The molecule has 1 N–H and O–H groups in total. The molecule has 1 atom stereocenters. The Balaban J connectivity index is 2.20. The average molecular weight is 261 g/mol. The Morgan fingerprint density at radius 2 is 2.00 bits per heavy atom. The van der Waals surface area contributed by atoms with E-state index in [4.69, 9.17) is 0 Å². The van der Waals surface area contributed by atoms with Gasteiger partial charge < -0.3 is 5.32 Å². The number of hydrogen-bond acceptors (Lipinski definition) is 2. The first-order valence-electron chi connectivity index (χ1n) is 6.58. The molecule has 0 amide bonds. The van der Waals surface area contributed by atoms with Crippen molar-refractivity contribution in [1.82, 2.24) is 15.1 Å². The Morgan fingerprint density at radius 3 is 2.53 bits per heavy atom. The van der Waals surface area contributed by atoms with E-state index >= 15 is 0 Å². The largest absolute Gasteiger partial charge is 0.310 e. The van der Waals surface area contributed by atoms with Crippen LogP contribution in [0.4, 0.5) is 4.39 Å². The predicted molar refractivity (Wildman–Crippen MR) is 74.5 cm³/mol. The van der Waals surface area contributed by atoms with Crippen molar-refractivity contribution in [1.29, 1.82) is 0 Å². The van der Waals surface area contributed by atoms with Crippen molar-refractivity contribution in [2.45, 2.75) is 26.3 Å². The second kappa shape index (κ2) is 5.97. The van der Waals surface area contributed by atoms with Gasteiger partial charge in [0.15, 0.2) is 0 Å². The highest BCUT2D eigenvalue weighted by Gasteiger charge is 2.16. The lowest BCUT2D eigenvalue weighted by Gasteiger charge is -2.17. The molecule has 0 fully saturated rings. The maximum absolute atomic E-state index is 12.9. The van der Waals surface area contributed by atoms with Gasteiger partial charge in [-0.25, -0.2) is 4.39 Å². The summed E-state index contributed by atoms with van der Waals surface area (Å²) in [5.74, 6) is -0.193. The highest BCUT2D eigenvalue weighted by atomic mass is 19.1. The van der Waals surface area contributed by atoms with Crippen LogP contribution in [0.25, 0.3) is 0 Å². The Bertz CT molecular complexity index is 531. The molecular formula is C15H20FN3. The fraction of sp³-hybridized carbons (Fsp3) is 0.400. The molecule has 19 heavy (non-hydrogen) atoms. The third kappa shape index (κ3) is 3.41. The molecule has 0 spiro atoms. The van der Waals surface area contributed by atoms with Crippen LogP contribution in [0, 0.1) is 12.7 Å². The molecule has 0 aliphatic heterocycles. The van der Waals surface area contributed by atoms with Gasteiger partial charge in [-0.15, -0.1) is 0 Å². The minimum atomic E-state index is -0.193. The minimum Gasteiger partial charge on any atom is -0.310 e. The number of halogens is 1. The number of aryl methyl sites for hydroxylation is 2. The smallest absolute Gasteiger partial charge is 0.123 e. The van der Waals surface area contributed by atoms with Gasteiger partial charge >= 0.3 is 0 Å². The summed E-state index contributed by atoms with van der Waals surface area (Å²) in [7, 11) is 1.93. The van der Waals surface area contributed by atoms with Crippen LogP contribution in [0.1, 0.15) is 29.8 Å². The van der Waals surface area contributed by atoms with Crippen LogP contribution in [-0.2, 0) is 13.5 Å². The van der Waals surface area contributed by atoms with Crippen LogP contribution >= 0.6 is 0 Å². The maximum Gasteiger partial charge on any atom is 0.123 e. The van der Waals surface area contributed by atoms with E-state index in [-0.39, 0.29) is 11.9 Å². The van der Waals surface area contributed by atoms with E-state index in [0.717, 1.165) is 24.2 Å². The number of nitrogens with zero attached hydrogens (tertiary/aromatic N) is 2. The van der Waals surface area contributed by atoms with Gasteiger partial charge in [0.05, 0.1) is 5.69 Å². The number of hydrogen-bond donors (Lipinski definition) is 1. The Kier molecular flexibility index (Phi) is 4.32. The highest BCUT2D eigenvalue weighted by molar-refractivity contribution is 5.25. The molecule has 0 bridgehead atoms. The molecule has 0 saturated carbocycles. The molecule has 0 saturated heterocycles. The second-order valence-electron chi connectivity index (χ2n) is 4.78. The Labute approximate surface area is 113 Å². The third-order valence-electron chi connectivity index (χ3n) is 3.23. The summed E-state index contributed by atoms with van der Waals surface area (Å²) in [5.41, 5.74) is 3.36. The zero-order valence-electron chi connectivity index (χ0n) is 11.7. The quantitative estimate of drug-likeness (QED) is 0.897. The third-order valence-corrected chi connectivity index (χ3v) is 3.23. The molecule has 3 nitrogen and oxygen atoms in total. The highest BCUT2D eigenvalue weighted by Crippen LogP contribution is 2.21. The minimum absolute atomic E-state index is 0.193. The fourth-order valence-corrected chi connectivity index (χ4v) is 2.35. The van der Waals surface area contributed by atoms with Gasteiger partial charge in [-0.1, -0.05) is 19.1 Å². The van der Waals surface area contributed by atoms with Crippen molar-refractivity contribution in [2.75, 3.05) is 6.54 Å². The van der Waals surface area contributed by atoms with Crippen LogP contribution in [0.5, 0.6) is 0 Å². The first kappa shape index (κ1) is 13.7. The zero-order valence-corrected chi connectivity index (χ0v) is 11.7. The Morgan fingerprint density at radius 1 is 1.32 bits per heavy atom. The molecule has 0 aliphatic rings. The first-order valence-corrected chi connectivity index (χ1v) is 6.58. The number of benzene rings is 1. The van der Waals surface area contributed by atoms with Gasteiger partial charge in [-0.2, -0.15) is 5.10 Å². The van der Waals surface area contributed by atoms with Gasteiger partial charge in [0, 0.05) is 24.8 Å². The van der Waals surface area contributed by atoms with Crippen molar-refractivity contribution < 1.29 is 4.39 Å². The molecule has 2 aromatic rings. The number of aromatic nitrogens is 2. The van der Waals surface area contributed by atoms with Crippen molar-refractivity contribution >= 4 is 0 Å². The van der Waals surface area contributed by atoms with Crippen LogP contribution in [0.2, 0.25) is 0 Å². The number of rotatable bonds is 5. The topological polar surface area (TPSA) is 29.9 Å². The van der Waals surface area contributed by atoms with E-state index in [9.17, 15) is 4.39 Å². The van der Waals surface area contributed by atoms with E-state index in [1.54, 1.807) is 0 Å². The normalized spacial score (nSPS) is 12.6. The van der Waals surface area contributed by atoms with Crippen LogP contribution < -0.4 is 5.32 Å². The SMILES string of the molecule is CCNC(Cc1ccc(F)cc1)c1cn(C)nc1C. The zero-order chi connectivity index (χ0) is 13.8. The summed E-state index contributed by atoms with van der Waals surface area (Å²) in [6.45, 7) is 4.99. The maximum atomic E-state index is 12.9. The van der Waals surface area contributed by atoms with Gasteiger partial charge in [-0.3, -0.25) is 4.68 Å². The Hall–Kier alpha value is -1.68. The number of nitrogens with one attached hydrogen (secondary N) is 1. The molecule has 1 aromatic carbocycles. The van der Waals surface area contributed by atoms with Gasteiger partial charge in [0.25, 0.3) is 0 Å². The summed E-state index contributed by atoms with van der Waals surface area (Å²) < 4.78 is 14.8. The van der Waals surface area contributed by atoms with Gasteiger partial charge in [0.1, 0.15) is 5.82 Å². The number of likely N-dealkylation sites (N-methyl/N-ethyl adjacent to an activating group) is 1. The van der Waals surface area contributed by atoms with Crippen molar-refractivity contribution in [3.05, 3.63) is 53.1 Å². The molecule has 4 heteroatoms. The summed E-state index contributed by atoms with van der Waals surface area (Å²) in [4.78, 5) is 0. The summed E-state index contributed by atoms with van der Waals surface area (Å²) in [6.07, 6.45) is 2.88. The molecular weight excluding hydrogens is 241 g/mol. The van der Waals surface area contributed by atoms with Crippen molar-refractivity contribution in [2.24, 2.45) is 7.05 Å². The summed E-state index contributed by atoms with van der Waals surface area (Å²) in [5, 5.41) is 7.86. The molecule has 1 unspecified atom stereocenters. The van der Waals surface area contributed by atoms with Crippen molar-refractivity contribution in [3.63, 3.8) is 0 Å². The lowest BCUT2D eigenvalue weighted by molar-refractivity contribution is 0.546. The van der Waals surface area contributed by atoms with Crippen LogP contribution in [0.3, 0.4) is 0 Å². The average Bonchev–Trinajstić information content (AvgIpc) is 2.71. The van der Waals surface area contributed by atoms with E-state index < -0.39 is 0 Å². The monoisotopic (exact) mass is 261 g/mol. The molecule has 0 radical (unpaired) electrons. The summed E-state index contributed by atoms with van der Waals surface area (Å²) >= 11 is 0. The van der Waals surface area contributed by atoms with Crippen LogP contribution in [-0.4, -0.2) is 16.3 Å².